The third-order valence-corrected chi connectivity index (χ3v) is 2.60. The monoisotopic (exact) mass is 239 g/mol. The second-order valence-corrected chi connectivity index (χ2v) is 4.21. The summed E-state index contributed by atoms with van der Waals surface area (Å²) in [5.41, 5.74) is 4.77. The van der Waals surface area contributed by atoms with Gasteiger partial charge in [-0.05, 0) is 0 Å². The second-order valence-electron chi connectivity index (χ2n) is 2.68. The first kappa shape index (κ1) is 13.8. The molecule has 0 spiro atoms. The van der Waals surface area contributed by atoms with Crippen LogP contribution in [-0.4, -0.2) is 38.0 Å². The van der Waals surface area contributed by atoms with Crippen molar-refractivity contribution >= 4 is 22.1 Å². The summed E-state index contributed by atoms with van der Waals surface area (Å²) < 4.78 is 26.0. The number of rotatable bonds is 7. The number of carbonyl (C=O) groups is 2. The lowest BCUT2D eigenvalue weighted by Crippen LogP contribution is -2.47. The molecule has 0 aromatic rings. The van der Waals surface area contributed by atoms with Gasteiger partial charge in [0.15, 0.2) is 0 Å². The van der Waals surface area contributed by atoms with E-state index in [1.54, 1.807) is 4.72 Å². The number of carbonyl (C=O) groups excluding carboxylic acids is 1. The predicted octanol–water partition coefficient (Wildman–Crippen LogP) is -2.24. The highest BCUT2D eigenvalue weighted by atomic mass is 32.2. The second kappa shape index (κ2) is 5.63. The lowest BCUT2D eigenvalue weighted by molar-refractivity contribution is -0.140. The zero-order valence-electron chi connectivity index (χ0n) is 8.06. The zero-order chi connectivity index (χ0) is 12.1. The van der Waals surface area contributed by atoms with Crippen LogP contribution in [0.2, 0.25) is 0 Å². The number of carboxylic acids is 1. The molecule has 15 heavy (non-hydrogen) atoms. The summed E-state index contributed by atoms with van der Waals surface area (Å²) in [4.78, 5) is 21.0. The molecule has 8 nitrogen and oxygen atoms in total. The van der Waals surface area contributed by atoms with Crippen LogP contribution < -0.4 is 15.2 Å². The molecule has 1 atom stereocenters. The number of carboxylic acid groups (broad SMARTS) is 1. The number of aliphatic carboxylic acids is 1. The Labute approximate surface area is 87.0 Å². The van der Waals surface area contributed by atoms with E-state index in [-0.39, 0.29) is 6.54 Å². The fourth-order valence-corrected chi connectivity index (χ4v) is 1.82. The quantitative estimate of drug-likeness (QED) is 0.398. The fourth-order valence-electron chi connectivity index (χ4n) is 0.800. The average molecular weight is 239 g/mol. The number of hydrogen-bond donors (Lipinski definition) is 4. The summed E-state index contributed by atoms with van der Waals surface area (Å²) in [5.74, 6) is -2.36. The molecule has 0 unspecified atom stereocenters. The average Bonchev–Trinajstić information content (AvgIpc) is 2.00. The van der Waals surface area contributed by atoms with Crippen LogP contribution in [0, 0.1) is 0 Å². The summed E-state index contributed by atoms with van der Waals surface area (Å²) in [7, 11) is -3.91. The van der Waals surface area contributed by atoms with E-state index in [2.05, 4.69) is 0 Å². The van der Waals surface area contributed by atoms with Crippen molar-refractivity contribution in [1.82, 2.24) is 9.44 Å². The highest BCUT2D eigenvalue weighted by Gasteiger charge is 2.24. The van der Waals surface area contributed by atoms with Crippen LogP contribution >= 0.6 is 0 Å². The summed E-state index contributed by atoms with van der Waals surface area (Å²) in [6, 6.07) is -1.55. The molecule has 9 heteroatoms. The molecule has 0 aliphatic heterocycles. The molecular formula is C6H13N3O5S. The van der Waals surface area contributed by atoms with E-state index in [0.717, 1.165) is 0 Å². The smallest absolute Gasteiger partial charge is 0.322 e. The molecule has 0 bridgehead atoms. The van der Waals surface area contributed by atoms with Crippen molar-refractivity contribution in [2.45, 2.75) is 19.4 Å². The molecule has 0 fully saturated rings. The predicted molar refractivity (Wildman–Crippen MR) is 51.0 cm³/mol. The van der Waals surface area contributed by atoms with Crippen molar-refractivity contribution in [1.29, 1.82) is 0 Å². The maximum atomic E-state index is 11.1. The van der Waals surface area contributed by atoms with Crippen molar-refractivity contribution in [2.24, 2.45) is 5.73 Å². The van der Waals surface area contributed by atoms with Crippen LogP contribution in [0.5, 0.6) is 0 Å². The molecular weight excluding hydrogens is 226 g/mol. The number of amides is 1. The van der Waals surface area contributed by atoms with E-state index in [0.29, 0.717) is 0 Å². The van der Waals surface area contributed by atoms with Gasteiger partial charge in [-0.15, -0.1) is 0 Å². The van der Waals surface area contributed by atoms with Crippen molar-refractivity contribution in [2.75, 3.05) is 6.54 Å². The van der Waals surface area contributed by atoms with Gasteiger partial charge < -0.3 is 10.8 Å². The molecule has 0 saturated heterocycles. The number of nitrogens with one attached hydrogen (secondary N) is 2. The minimum Gasteiger partial charge on any atom is -0.480 e. The molecule has 0 saturated carbocycles. The molecule has 0 aliphatic carbocycles. The van der Waals surface area contributed by atoms with Gasteiger partial charge in [-0.1, -0.05) is 6.92 Å². The van der Waals surface area contributed by atoms with Crippen LogP contribution in [-0.2, 0) is 19.8 Å². The standard InChI is InChI=1S/C6H13N3O5S/c1-2-8-15(13,14)9-4(6(11)12)3-5(7)10/h4,8-9H,2-3H2,1H3,(H2,7,10)(H,11,12)/t4-/m0/s1. The maximum Gasteiger partial charge on any atom is 0.322 e. The van der Waals surface area contributed by atoms with E-state index in [9.17, 15) is 18.0 Å². The first-order valence-electron chi connectivity index (χ1n) is 4.06. The highest BCUT2D eigenvalue weighted by molar-refractivity contribution is 7.87. The Kier molecular flexibility index (Phi) is 5.19. The summed E-state index contributed by atoms with van der Waals surface area (Å²) in [5, 5.41) is 8.59. The molecule has 0 aromatic heterocycles. The van der Waals surface area contributed by atoms with E-state index < -0.39 is 34.5 Å². The normalized spacial score (nSPS) is 13.4. The Morgan fingerprint density at radius 2 is 2.00 bits per heavy atom. The first-order chi connectivity index (χ1) is 6.78. The highest BCUT2D eigenvalue weighted by Crippen LogP contribution is 1.93. The SMILES string of the molecule is CCNS(=O)(=O)N[C@@H](CC(N)=O)C(=O)O. The lowest BCUT2D eigenvalue weighted by atomic mass is 10.2. The van der Waals surface area contributed by atoms with E-state index in [1.807, 2.05) is 4.72 Å². The third kappa shape index (κ3) is 5.99. The Morgan fingerprint density at radius 1 is 1.47 bits per heavy atom. The number of nitrogens with two attached hydrogens (primary N) is 1. The Morgan fingerprint density at radius 3 is 2.33 bits per heavy atom. The number of primary amides is 1. The van der Waals surface area contributed by atoms with Gasteiger partial charge in [0.1, 0.15) is 6.04 Å². The van der Waals surface area contributed by atoms with Crippen LogP contribution in [0.3, 0.4) is 0 Å². The fraction of sp³-hybridized carbons (Fsp3) is 0.667. The molecule has 88 valence electrons. The van der Waals surface area contributed by atoms with Gasteiger partial charge in [0.25, 0.3) is 10.2 Å². The minimum absolute atomic E-state index is 0.109. The van der Waals surface area contributed by atoms with Crippen LogP contribution in [0.1, 0.15) is 13.3 Å². The Balaban J connectivity index is 4.55. The van der Waals surface area contributed by atoms with Gasteiger partial charge in [-0.2, -0.15) is 13.1 Å². The third-order valence-electron chi connectivity index (χ3n) is 1.34. The van der Waals surface area contributed by atoms with Gasteiger partial charge >= 0.3 is 5.97 Å². The Bertz CT molecular complexity index is 339. The molecule has 0 aromatic carbocycles. The molecule has 1 amide bonds. The lowest BCUT2D eigenvalue weighted by Gasteiger charge is -2.12. The minimum atomic E-state index is -3.91. The van der Waals surface area contributed by atoms with E-state index in [1.165, 1.54) is 6.92 Å². The maximum absolute atomic E-state index is 11.1. The summed E-state index contributed by atoms with van der Waals surface area (Å²) in [6.45, 7) is 1.64. The van der Waals surface area contributed by atoms with Crippen LogP contribution in [0.4, 0.5) is 0 Å². The van der Waals surface area contributed by atoms with E-state index in [4.69, 9.17) is 10.8 Å². The number of hydrogen-bond acceptors (Lipinski definition) is 4. The van der Waals surface area contributed by atoms with E-state index >= 15 is 0 Å². The van der Waals surface area contributed by atoms with Gasteiger partial charge in [-0.3, -0.25) is 9.59 Å². The van der Waals surface area contributed by atoms with Gasteiger partial charge in [0.05, 0.1) is 6.42 Å². The van der Waals surface area contributed by atoms with Gasteiger partial charge in [0, 0.05) is 6.54 Å². The topological polar surface area (TPSA) is 139 Å². The van der Waals surface area contributed by atoms with Crippen LogP contribution in [0.15, 0.2) is 0 Å². The molecule has 5 N–H and O–H groups in total. The van der Waals surface area contributed by atoms with Crippen LogP contribution in [0.25, 0.3) is 0 Å². The molecule has 0 radical (unpaired) electrons. The van der Waals surface area contributed by atoms with Crippen molar-refractivity contribution in [3.05, 3.63) is 0 Å². The molecule has 0 rings (SSSR count). The summed E-state index contributed by atoms with van der Waals surface area (Å²) in [6.07, 6.45) is -0.597. The van der Waals surface area contributed by atoms with Crippen molar-refractivity contribution in [3.63, 3.8) is 0 Å². The van der Waals surface area contributed by atoms with Gasteiger partial charge in [0.2, 0.25) is 5.91 Å². The largest absolute Gasteiger partial charge is 0.480 e. The molecule has 0 aliphatic rings. The molecule has 0 heterocycles. The van der Waals surface area contributed by atoms with Crippen molar-refractivity contribution < 1.29 is 23.1 Å². The van der Waals surface area contributed by atoms with Gasteiger partial charge in [-0.25, -0.2) is 4.72 Å². The van der Waals surface area contributed by atoms with Crippen molar-refractivity contribution in [3.8, 4) is 0 Å². The zero-order valence-corrected chi connectivity index (χ0v) is 8.87. The first-order valence-corrected chi connectivity index (χ1v) is 5.55. The Hall–Kier alpha value is -1.19. The summed E-state index contributed by atoms with van der Waals surface area (Å²) >= 11 is 0.